The molecule has 0 atom stereocenters. The third-order valence-electron chi connectivity index (χ3n) is 11.8. The van der Waals surface area contributed by atoms with Crippen LogP contribution in [0.3, 0.4) is 0 Å². The van der Waals surface area contributed by atoms with Gasteiger partial charge in [0.2, 0.25) is 9.84 Å². The van der Waals surface area contributed by atoms with Gasteiger partial charge in [-0.3, -0.25) is 19.2 Å². The highest BCUT2D eigenvalue weighted by molar-refractivity contribution is 7.91. The van der Waals surface area contributed by atoms with Crippen molar-refractivity contribution in [2.24, 2.45) is 0 Å². The Morgan fingerprint density at radius 1 is 0.414 bits per heavy atom. The lowest BCUT2D eigenvalue weighted by atomic mass is 9.97. The van der Waals surface area contributed by atoms with Gasteiger partial charge >= 0.3 is 0 Å². The first-order chi connectivity index (χ1) is 27.4. The van der Waals surface area contributed by atoms with Crippen molar-refractivity contribution in [2.75, 3.05) is 21.3 Å². The lowest BCUT2D eigenvalue weighted by Gasteiger charge is -2.26. The number of benzene rings is 6. The summed E-state index contributed by atoms with van der Waals surface area (Å²) in [5, 5.41) is 0. The molecule has 2 aliphatic heterocycles. The highest BCUT2D eigenvalue weighted by Gasteiger charge is 2.42. The van der Waals surface area contributed by atoms with E-state index in [4.69, 9.17) is 11.5 Å². The largest absolute Gasteiger partial charge is 0.399 e. The van der Waals surface area contributed by atoms with Crippen LogP contribution < -0.4 is 21.3 Å². The number of imide groups is 2. The molecule has 2 heterocycles. The maximum atomic E-state index is 14.9. The Balaban J connectivity index is 1.16. The van der Waals surface area contributed by atoms with Crippen LogP contribution in [0.1, 0.15) is 80.4 Å². The van der Waals surface area contributed by atoms with E-state index in [1.54, 1.807) is 109 Å². The molecule has 0 bridgehead atoms. The van der Waals surface area contributed by atoms with Crippen LogP contribution in [0.4, 0.5) is 22.7 Å². The number of aryl methyl sites for hydroxylation is 1. The fraction of sp³-hybridized carbons (Fsp3) is 0.149. The van der Waals surface area contributed by atoms with Gasteiger partial charge in [0.15, 0.2) is 0 Å². The van der Waals surface area contributed by atoms with Gasteiger partial charge in [0.1, 0.15) is 0 Å². The van der Waals surface area contributed by atoms with Crippen molar-refractivity contribution < 1.29 is 27.6 Å². The number of amides is 4. The molecule has 8 rings (SSSR count). The fourth-order valence-electron chi connectivity index (χ4n) is 8.36. The summed E-state index contributed by atoms with van der Waals surface area (Å²) in [5.41, 5.74) is 20.9. The molecule has 0 radical (unpaired) electrons. The van der Waals surface area contributed by atoms with Crippen LogP contribution >= 0.6 is 0 Å². The number of nitrogens with zero attached hydrogens (tertiary/aromatic N) is 2. The molecule has 2 aliphatic rings. The average Bonchev–Trinajstić information content (AvgIpc) is 3.59. The van der Waals surface area contributed by atoms with Gasteiger partial charge in [-0.05, 0) is 164 Å². The molecule has 6 aromatic rings. The zero-order chi connectivity index (χ0) is 41.7. The van der Waals surface area contributed by atoms with Gasteiger partial charge < -0.3 is 11.5 Å². The van der Waals surface area contributed by atoms with Gasteiger partial charge in [0, 0.05) is 11.4 Å². The number of anilines is 4. The van der Waals surface area contributed by atoms with Gasteiger partial charge in [0.25, 0.3) is 23.6 Å². The molecular weight excluding hydrogens is 749 g/mol. The first kappa shape index (κ1) is 38.0. The third kappa shape index (κ3) is 5.56. The van der Waals surface area contributed by atoms with Gasteiger partial charge in [0.05, 0.1) is 43.4 Å². The summed E-state index contributed by atoms with van der Waals surface area (Å²) in [5.74, 6) is -1.98. The van der Waals surface area contributed by atoms with E-state index < -0.39 is 33.5 Å². The highest BCUT2D eigenvalue weighted by Crippen LogP contribution is 2.44. The molecule has 0 fully saturated rings. The minimum atomic E-state index is -4.24. The molecule has 0 saturated heterocycles. The summed E-state index contributed by atoms with van der Waals surface area (Å²) >= 11 is 0. The summed E-state index contributed by atoms with van der Waals surface area (Å²) in [4.78, 5) is 58.2. The normalized spacial score (nSPS) is 13.8. The van der Waals surface area contributed by atoms with E-state index in [0.717, 1.165) is 32.1 Å². The van der Waals surface area contributed by atoms with Crippen LogP contribution in [-0.4, -0.2) is 32.0 Å². The summed E-state index contributed by atoms with van der Waals surface area (Å²) in [6, 6.07) is 26.2. The number of fused-ring (bicyclic) bond motifs is 2. The van der Waals surface area contributed by atoms with E-state index in [0.29, 0.717) is 61.7 Å². The third-order valence-corrected chi connectivity index (χ3v) is 13.9. The van der Waals surface area contributed by atoms with Crippen LogP contribution in [0, 0.1) is 48.5 Å². The lowest BCUT2D eigenvalue weighted by molar-refractivity contribution is 0.0910. The number of hydrogen-bond donors (Lipinski definition) is 2. The van der Waals surface area contributed by atoms with E-state index in [1.165, 1.54) is 6.07 Å². The molecule has 10 nitrogen and oxygen atoms in total. The van der Waals surface area contributed by atoms with Crippen molar-refractivity contribution in [3.63, 3.8) is 0 Å². The first-order valence-corrected chi connectivity index (χ1v) is 20.2. The van der Waals surface area contributed by atoms with Crippen molar-refractivity contribution in [1.82, 2.24) is 0 Å². The molecule has 58 heavy (non-hydrogen) atoms. The molecule has 4 amide bonds. The summed E-state index contributed by atoms with van der Waals surface area (Å²) in [6.07, 6.45) is 0. The Morgan fingerprint density at radius 3 is 1.21 bits per heavy atom. The first-order valence-electron chi connectivity index (χ1n) is 18.7. The molecule has 11 heteroatoms. The van der Waals surface area contributed by atoms with Crippen LogP contribution in [0.5, 0.6) is 0 Å². The molecule has 0 spiro atoms. The second-order valence-electron chi connectivity index (χ2n) is 15.1. The smallest absolute Gasteiger partial charge is 0.266 e. The summed E-state index contributed by atoms with van der Waals surface area (Å²) in [7, 11) is -4.24. The number of rotatable bonds is 6. The summed E-state index contributed by atoms with van der Waals surface area (Å²) < 4.78 is 29.7. The molecule has 4 N–H and O–H groups in total. The van der Waals surface area contributed by atoms with Gasteiger partial charge in [-0.25, -0.2) is 18.2 Å². The highest BCUT2D eigenvalue weighted by atomic mass is 32.2. The molecule has 6 aromatic carbocycles. The van der Waals surface area contributed by atoms with E-state index in [1.807, 2.05) is 24.3 Å². The van der Waals surface area contributed by atoms with Crippen molar-refractivity contribution >= 4 is 56.2 Å². The maximum absolute atomic E-state index is 14.9. The minimum absolute atomic E-state index is 0.0298. The number of carbonyl (C=O) groups excluding carboxylic acids is 4. The van der Waals surface area contributed by atoms with E-state index in [2.05, 4.69) is 0 Å². The SMILES string of the molecule is Cc1cc(S(=O)(=O)c2c(C)c(C)c(N3C(=O)c4ccc(-c5ccc(N)cc5)cc4C3=O)c(C)c2C)c(C)c(C)c1N1C(=O)c2ccc(-c3ccc(N)cc3)cc2C1=O. The number of nitrogen functional groups attached to an aromatic ring is 2. The van der Waals surface area contributed by atoms with Crippen LogP contribution in [0.2, 0.25) is 0 Å². The van der Waals surface area contributed by atoms with Crippen molar-refractivity contribution in [3.8, 4) is 22.3 Å². The average molecular weight is 789 g/mol. The second-order valence-corrected chi connectivity index (χ2v) is 17.0. The predicted octanol–water partition coefficient (Wildman–Crippen LogP) is 8.78. The van der Waals surface area contributed by atoms with E-state index in [9.17, 15) is 27.6 Å². The molecule has 0 aliphatic carbocycles. The number of sulfone groups is 1. The second kappa shape index (κ2) is 13.4. The Bertz CT molecular complexity index is 2940. The fourth-order valence-corrected chi connectivity index (χ4v) is 10.6. The van der Waals surface area contributed by atoms with Crippen molar-refractivity contribution in [3.05, 3.63) is 152 Å². The molecule has 290 valence electrons. The predicted molar refractivity (Wildman–Crippen MR) is 226 cm³/mol. The Labute approximate surface area is 336 Å². The maximum Gasteiger partial charge on any atom is 0.266 e. The van der Waals surface area contributed by atoms with Gasteiger partial charge in [-0.1, -0.05) is 36.4 Å². The number of hydrogen-bond acceptors (Lipinski definition) is 8. The van der Waals surface area contributed by atoms with Crippen LogP contribution in [0.25, 0.3) is 22.3 Å². The Morgan fingerprint density at radius 2 is 0.776 bits per heavy atom. The molecular formula is C47H40N4O6S. The van der Waals surface area contributed by atoms with E-state index >= 15 is 0 Å². The standard InChI is InChI=1S/C47H40N4O6S/c1-23-20-40(24(2)25(3)41(23)50-44(52)36-18-12-32(21-38(36)46(50)54)30-8-14-34(48)15-9-30)58(56,57)43-28(6)26(4)42(27(5)29(43)7)51-45(53)37-19-13-33(22-39(37)47(51)55)31-10-16-35(49)17-11-31/h8-22H,48-49H2,1-7H3. The molecule has 0 aromatic heterocycles. The van der Waals surface area contributed by atoms with E-state index in [-0.39, 0.29) is 32.0 Å². The van der Waals surface area contributed by atoms with Gasteiger partial charge in [-0.2, -0.15) is 0 Å². The number of carbonyl (C=O) groups is 4. The summed E-state index contributed by atoms with van der Waals surface area (Å²) in [6.45, 7) is 11.8. The Hall–Kier alpha value is -6.85. The lowest BCUT2D eigenvalue weighted by Crippen LogP contribution is -2.32. The van der Waals surface area contributed by atoms with Gasteiger partial charge in [-0.15, -0.1) is 0 Å². The Kier molecular flexibility index (Phi) is 8.78. The van der Waals surface area contributed by atoms with Crippen LogP contribution in [0.15, 0.2) is 101 Å². The zero-order valence-electron chi connectivity index (χ0n) is 33.1. The molecule has 0 saturated carbocycles. The van der Waals surface area contributed by atoms with Crippen molar-refractivity contribution in [2.45, 2.75) is 58.3 Å². The zero-order valence-corrected chi connectivity index (χ0v) is 33.9. The minimum Gasteiger partial charge on any atom is -0.399 e. The monoisotopic (exact) mass is 788 g/mol. The van der Waals surface area contributed by atoms with Crippen LogP contribution in [-0.2, 0) is 9.84 Å². The van der Waals surface area contributed by atoms with Crippen molar-refractivity contribution in [1.29, 1.82) is 0 Å². The number of nitrogens with two attached hydrogens (primary N) is 2. The topological polar surface area (TPSA) is 161 Å². The molecule has 0 unspecified atom stereocenters. The quantitative estimate of drug-likeness (QED) is 0.125.